The Kier molecular flexibility index (Phi) is 17.3. The van der Waals surface area contributed by atoms with Gasteiger partial charge in [0.15, 0.2) is 5.82 Å². The molecule has 0 aliphatic carbocycles. The lowest BCUT2D eigenvalue weighted by Crippen LogP contribution is -2.51. The summed E-state index contributed by atoms with van der Waals surface area (Å²) in [5.74, 6) is -2.25. The zero-order valence-corrected chi connectivity index (χ0v) is 36.6. The number of aromatic nitrogens is 2. The Bertz CT molecular complexity index is 2020. The maximum atomic E-state index is 13.3. The minimum absolute atomic E-state index is 0.00364. The second-order valence-electron chi connectivity index (χ2n) is 16.8. The van der Waals surface area contributed by atoms with Gasteiger partial charge in [0.05, 0.1) is 12.9 Å². The summed E-state index contributed by atoms with van der Waals surface area (Å²) in [5, 5.41) is 9.30. The number of amides is 6. The van der Waals surface area contributed by atoms with Crippen molar-refractivity contribution in [2.75, 3.05) is 27.3 Å². The number of hydrogen-bond donors (Lipinski definition) is 4. The topological polar surface area (TPSA) is 247 Å². The molecule has 0 radical (unpaired) electrons. The molecule has 20 heteroatoms. The van der Waals surface area contributed by atoms with Crippen molar-refractivity contribution in [1.82, 2.24) is 35.7 Å². The summed E-state index contributed by atoms with van der Waals surface area (Å²) in [6.45, 7) is 9.02. The Labute approximate surface area is 365 Å². The minimum Gasteiger partial charge on any atom is -0.449 e. The highest BCUT2D eigenvalue weighted by molar-refractivity contribution is 5.97. The largest absolute Gasteiger partial charge is 0.449 e. The van der Waals surface area contributed by atoms with E-state index in [0.717, 1.165) is 0 Å². The number of aliphatic imine (C=N–C) groups is 1. The van der Waals surface area contributed by atoms with Crippen LogP contribution >= 0.6 is 0 Å². The van der Waals surface area contributed by atoms with Gasteiger partial charge < -0.3 is 39.2 Å². The standard InChI is InChI=1S/C43H56N8O12/c1-42(2,3)62-40(57)48-35(52)30(21-27-15-11-9-12-16-27)45-38(55)59-24-29-23-34(51-20-19-33(47-37(51)54)44-26-50(7)8)61-32(29)25-60-39(56)46-31(22-28-17-13-10-14-18-28)36(53)49-41(58)63-43(4,5)6/h9-20,26,29-32,34H,21-25H2,1-8H3,(H,45,55)(H,46,56)(H,48,52,57)(H,49,53,58)/t29-,30+,31+,32-,34-/m1/s1. The van der Waals surface area contributed by atoms with E-state index in [-0.39, 0.29) is 31.7 Å². The van der Waals surface area contributed by atoms with Gasteiger partial charge in [-0.15, -0.1) is 0 Å². The zero-order chi connectivity index (χ0) is 46.3. The van der Waals surface area contributed by atoms with Crippen LogP contribution in [0.1, 0.15) is 65.3 Å². The predicted molar refractivity (Wildman–Crippen MR) is 228 cm³/mol. The van der Waals surface area contributed by atoms with E-state index in [1.807, 2.05) is 0 Å². The van der Waals surface area contributed by atoms with E-state index < -0.39 is 90.0 Å². The van der Waals surface area contributed by atoms with Crippen LogP contribution in [0.15, 0.2) is 82.7 Å². The van der Waals surface area contributed by atoms with Crippen LogP contribution in [0.5, 0.6) is 0 Å². The molecule has 2 aromatic carbocycles. The van der Waals surface area contributed by atoms with E-state index in [4.69, 9.17) is 23.7 Å². The zero-order valence-electron chi connectivity index (χ0n) is 36.6. The molecule has 0 saturated carbocycles. The molecule has 0 unspecified atom stereocenters. The number of hydrogen-bond acceptors (Lipinski definition) is 14. The molecule has 1 aliphatic rings. The number of ether oxygens (including phenoxy) is 5. The summed E-state index contributed by atoms with van der Waals surface area (Å²) in [6.07, 6.45) is -3.02. The van der Waals surface area contributed by atoms with Gasteiger partial charge in [-0.2, -0.15) is 4.98 Å². The smallest absolute Gasteiger partial charge is 0.414 e. The lowest BCUT2D eigenvalue weighted by atomic mass is 10.0. The van der Waals surface area contributed by atoms with Gasteiger partial charge in [0, 0.05) is 45.5 Å². The Morgan fingerprint density at radius 3 is 1.68 bits per heavy atom. The van der Waals surface area contributed by atoms with Crippen molar-refractivity contribution in [2.45, 2.75) is 96.4 Å². The van der Waals surface area contributed by atoms with Gasteiger partial charge in [0.2, 0.25) is 0 Å². The minimum atomic E-state index is -1.28. The molecule has 0 bridgehead atoms. The van der Waals surface area contributed by atoms with Crippen molar-refractivity contribution in [3.8, 4) is 0 Å². The Morgan fingerprint density at radius 1 is 0.762 bits per heavy atom. The van der Waals surface area contributed by atoms with Crippen LogP contribution in [0, 0.1) is 5.92 Å². The molecule has 2 heterocycles. The fourth-order valence-electron chi connectivity index (χ4n) is 5.99. The van der Waals surface area contributed by atoms with Gasteiger partial charge in [-0.1, -0.05) is 60.7 Å². The quantitative estimate of drug-likeness (QED) is 0.0953. The SMILES string of the molecule is CN(C)C=Nc1ccn([C@H]2C[C@H](COC(=O)N[C@@H](Cc3ccccc3)C(=O)NC(=O)OC(C)(C)C)[C@@H](COC(=O)N[C@@H](Cc3ccccc3)C(=O)NC(=O)OC(C)(C)C)O2)c(=O)n1. The predicted octanol–water partition coefficient (Wildman–Crippen LogP) is 4.15. The maximum absolute atomic E-state index is 13.3. The van der Waals surface area contributed by atoms with Crippen molar-refractivity contribution in [2.24, 2.45) is 10.9 Å². The first-order valence-corrected chi connectivity index (χ1v) is 20.1. The number of carbonyl (C=O) groups excluding carboxylic acids is 6. The van der Waals surface area contributed by atoms with E-state index in [9.17, 15) is 33.6 Å². The molecule has 0 spiro atoms. The average Bonchev–Trinajstić information content (AvgIpc) is 3.59. The van der Waals surface area contributed by atoms with Crippen LogP contribution in [0.25, 0.3) is 0 Å². The summed E-state index contributed by atoms with van der Waals surface area (Å²) in [4.78, 5) is 101. The fraction of sp³-hybridized carbons (Fsp3) is 0.465. The van der Waals surface area contributed by atoms with Gasteiger partial charge in [-0.3, -0.25) is 24.8 Å². The first-order chi connectivity index (χ1) is 29.6. The Morgan fingerprint density at radius 2 is 1.24 bits per heavy atom. The van der Waals surface area contributed by atoms with Crippen molar-refractivity contribution in [1.29, 1.82) is 0 Å². The lowest BCUT2D eigenvalue weighted by Gasteiger charge is -2.23. The Hall–Kier alpha value is -6.83. The molecule has 1 aromatic heterocycles. The van der Waals surface area contributed by atoms with E-state index in [1.165, 1.54) is 23.2 Å². The van der Waals surface area contributed by atoms with Crippen LogP contribution in [-0.4, -0.2) is 114 Å². The number of alkyl carbamates (subject to hydrolysis) is 4. The van der Waals surface area contributed by atoms with E-state index in [1.54, 1.807) is 121 Å². The number of nitrogens with one attached hydrogen (secondary N) is 4. The summed E-state index contributed by atoms with van der Waals surface area (Å²) in [5.41, 5.74) is -1.13. The van der Waals surface area contributed by atoms with Crippen LogP contribution in [0.3, 0.4) is 0 Å². The molecule has 1 aliphatic heterocycles. The summed E-state index contributed by atoms with van der Waals surface area (Å²) in [7, 11) is 3.51. The second-order valence-corrected chi connectivity index (χ2v) is 16.8. The van der Waals surface area contributed by atoms with Crippen LogP contribution in [0.2, 0.25) is 0 Å². The molecule has 4 N–H and O–H groups in total. The van der Waals surface area contributed by atoms with Crippen molar-refractivity contribution < 1.29 is 52.5 Å². The van der Waals surface area contributed by atoms with Gasteiger partial charge in [0.25, 0.3) is 11.8 Å². The molecule has 5 atom stereocenters. The number of nitrogens with zero attached hydrogens (tertiary/aromatic N) is 4. The molecule has 6 amide bonds. The van der Waals surface area contributed by atoms with Crippen molar-refractivity contribution in [3.05, 3.63) is 94.5 Å². The molecule has 1 saturated heterocycles. The highest BCUT2D eigenvalue weighted by Gasteiger charge is 2.39. The first-order valence-electron chi connectivity index (χ1n) is 20.1. The van der Waals surface area contributed by atoms with Gasteiger partial charge in [0.1, 0.15) is 42.2 Å². The first kappa shape index (κ1) is 48.8. The number of imide groups is 2. The maximum Gasteiger partial charge on any atom is 0.414 e. The van der Waals surface area contributed by atoms with Gasteiger partial charge in [-0.05, 0) is 58.7 Å². The van der Waals surface area contributed by atoms with Crippen LogP contribution in [-0.2, 0) is 46.1 Å². The van der Waals surface area contributed by atoms with Crippen molar-refractivity contribution in [3.63, 3.8) is 0 Å². The molecule has 63 heavy (non-hydrogen) atoms. The number of carbonyl (C=O) groups is 6. The van der Waals surface area contributed by atoms with Crippen LogP contribution < -0.4 is 27.0 Å². The van der Waals surface area contributed by atoms with Gasteiger partial charge >= 0.3 is 30.1 Å². The third-order valence-corrected chi connectivity index (χ3v) is 8.75. The second kappa shape index (κ2) is 22.3. The van der Waals surface area contributed by atoms with E-state index >= 15 is 0 Å². The molecular weight excluding hydrogens is 821 g/mol. The summed E-state index contributed by atoms with van der Waals surface area (Å²) >= 11 is 0. The monoisotopic (exact) mass is 876 g/mol. The summed E-state index contributed by atoms with van der Waals surface area (Å²) in [6, 6.07) is 16.5. The third kappa shape index (κ3) is 17.2. The lowest BCUT2D eigenvalue weighted by molar-refractivity contribution is -0.123. The van der Waals surface area contributed by atoms with Crippen LogP contribution in [0.4, 0.5) is 25.0 Å². The molecular formula is C43H56N8O12. The molecule has 3 aromatic rings. The fourth-order valence-corrected chi connectivity index (χ4v) is 5.99. The van der Waals surface area contributed by atoms with Crippen molar-refractivity contribution >= 4 is 48.3 Å². The molecule has 4 rings (SSSR count). The summed E-state index contributed by atoms with van der Waals surface area (Å²) < 4.78 is 28.9. The van der Waals surface area contributed by atoms with Gasteiger partial charge in [-0.25, -0.2) is 29.0 Å². The normalized spacial score (nSPS) is 17.1. The molecule has 20 nitrogen and oxygen atoms in total. The Balaban J connectivity index is 1.50. The van der Waals surface area contributed by atoms with E-state index in [2.05, 4.69) is 31.2 Å². The molecule has 1 fully saturated rings. The highest BCUT2D eigenvalue weighted by Crippen LogP contribution is 2.33. The highest BCUT2D eigenvalue weighted by atomic mass is 16.6. The molecule has 340 valence electrons. The van der Waals surface area contributed by atoms with E-state index in [0.29, 0.717) is 11.1 Å². The number of benzene rings is 2. The third-order valence-electron chi connectivity index (χ3n) is 8.75. The average molecular weight is 877 g/mol. The number of rotatable bonds is 15.